The Balaban J connectivity index is 3.15. The monoisotopic (exact) mass is 328 g/mol. The minimum Gasteiger partial charge on any atom is -0.480 e. The third-order valence-corrected chi connectivity index (χ3v) is 3.91. The Hall–Kier alpha value is -1.36. The Morgan fingerprint density at radius 2 is 1.89 bits per heavy atom. The largest absolute Gasteiger partial charge is 0.480 e. The number of ether oxygens (including phenoxy) is 1. The summed E-state index contributed by atoms with van der Waals surface area (Å²) in [5.41, 5.74) is -0.815. The predicted octanol–water partition coefficient (Wildman–Crippen LogP) is 3.21. The van der Waals surface area contributed by atoms with Crippen LogP contribution in [0.3, 0.4) is 0 Å². The van der Waals surface area contributed by atoms with Gasteiger partial charge in [0.2, 0.25) is 0 Å². The topological polar surface area (TPSA) is 63.6 Å². The summed E-state index contributed by atoms with van der Waals surface area (Å²) < 4.78 is 5.81. The van der Waals surface area contributed by atoms with Crippen LogP contribution in [0.1, 0.15) is 32.3 Å². The second-order valence-electron chi connectivity index (χ2n) is 4.50. The normalized spacial score (nSPS) is 15.4. The van der Waals surface area contributed by atoms with E-state index in [4.69, 9.17) is 4.74 Å². The molecule has 0 heterocycles. The van der Waals surface area contributed by atoms with Gasteiger partial charge in [0.15, 0.2) is 5.41 Å². The molecule has 0 fully saturated rings. The van der Waals surface area contributed by atoms with Gasteiger partial charge in [0.05, 0.1) is 6.61 Å². The number of esters is 1. The van der Waals surface area contributed by atoms with Gasteiger partial charge in [-0.15, -0.1) is 0 Å². The first kappa shape index (κ1) is 15.7. The highest BCUT2D eigenvalue weighted by atomic mass is 79.9. The molecule has 4 nitrogen and oxygen atoms in total. The van der Waals surface area contributed by atoms with Gasteiger partial charge in [0.1, 0.15) is 0 Å². The molecule has 1 rings (SSSR count). The van der Waals surface area contributed by atoms with Crippen molar-refractivity contribution in [3.63, 3.8) is 0 Å². The number of carbonyl (C=O) groups is 2. The maximum absolute atomic E-state index is 12.0. The van der Waals surface area contributed by atoms with Crippen LogP contribution < -0.4 is 0 Å². The lowest BCUT2D eigenvalue weighted by atomic mass is 9.74. The number of carbonyl (C=O) groups excluding carboxylic acids is 1. The number of benzene rings is 1. The second-order valence-corrected chi connectivity index (χ2v) is 5.42. The molecule has 0 bridgehead atoms. The van der Waals surface area contributed by atoms with Crippen LogP contribution in [0, 0.1) is 5.41 Å². The molecular weight excluding hydrogens is 312 g/mol. The summed E-state index contributed by atoms with van der Waals surface area (Å²) in [5.74, 6) is -2.38. The number of aliphatic carboxylic acids is 1. The Morgan fingerprint density at radius 1 is 1.37 bits per heavy atom. The predicted molar refractivity (Wildman–Crippen MR) is 74.9 cm³/mol. The summed E-state index contributed by atoms with van der Waals surface area (Å²) in [5, 5.41) is 9.41. The number of hydrogen-bond donors (Lipinski definition) is 1. The average molecular weight is 329 g/mol. The summed E-state index contributed by atoms with van der Waals surface area (Å²) in [6.07, 6.45) is 0. The van der Waals surface area contributed by atoms with Gasteiger partial charge in [0, 0.05) is 10.4 Å². The van der Waals surface area contributed by atoms with Gasteiger partial charge in [-0.3, -0.25) is 9.59 Å². The van der Waals surface area contributed by atoms with E-state index in [1.165, 1.54) is 6.92 Å². The molecule has 0 aliphatic heterocycles. The number of carboxylic acid groups (broad SMARTS) is 1. The summed E-state index contributed by atoms with van der Waals surface area (Å²) in [6.45, 7) is 4.94. The SMILES string of the molecule is CCOC(=O)C(C)(C(=O)O)C(C)c1ccc(Br)cc1. The van der Waals surface area contributed by atoms with Crippen molar-refractivity contribution in [3.8, 4) is 0 Å². The van der Waals surface area contributed by atoms with E-state index in [2.05, 4.69) is 15.9 Å². The van der Waals surface area contributed by atoms with Crippen molar-refractivity contribution in [2.45, 2.75) is 26.7 Å². The molecule has 0 radical (unpaired) electrons. The molecule has 1 aromatic rings. The lowest BCUT2D eigenvalue weighted by molar-refractivity contribution is -0.168. The molecule has 0 amide bonds. The van der Waals surface area contributed by atoms with E-state index >= 15 is 0 Å². The molecule has 104 valence electrons. The Labute approximate surface area is 120 Å². The minimum absolute atomic E-state index is 0.161. The average Bonchev–Trinajstić information content (AvgIpc) is 2.37. The van der Waals surface area contributed by atoms with Crippen LogP contribution in [-0.2, 0) is 14.3 Å². The standard InChI is InChI=1S/C14H17BrO4/c1-4-19-13(18)14(3,12(16)17)9(2)10-5-7-11(15)8-6-10/h5-9H,4H2,1-3H3,(H,16,17). The highest BCUT2D eigenvalue weighted by Crippen LogP contribution is 2.37. The Kier molecular flexibility index (Phi) is 5.11. The fourth-order valence-electron chi connectivity index (χ4n) is 1.82. The van der Waals surface area contributed by atoms with Crippen LogP contribution in [0.2, 0.25) is 0 Å². The smallest absolute Gasteiger partial charge is 0.323 e. The lowest BCUT2D eigenvalue weighted by Gasteiger charge is -2.29. The van der Waals surface area contributed by atoms with Crippen molar-refractivity contribution in [2.24, 2.45) is 5.41 Å². The van der Waals surface area contributed by atoms with Gasteiger partial charge in [-0.25, -0.2) is 0 Å². The molecule has 2 atom stereocenters. The number of hydrogen-bond acceptors (Lipinski definition) is 3. The van der Waals surface area contributed by atoms with Crippen LogP contribution in [0.4, 0.5) is 0 Å². The third kappa shape index (κ3) is 3.15. The van der Waals surface area contributed by atoms with Gasteiger partial charge >= 0.3 is 11.9 Å². The number of halogens is 1. The van der Waals surface area contributed by atoms with Crippen molar-refractivity contribution in [1.82, 2.24) is 0 Å². The Bertz CT molecular complexity index is 469. The molecule has 0 spiro atoms. The molecule has 5 heteroatoms. The van der Waals surface area contributed by atoms with E-state index in [0.29, 0.717) is 0 Å². The highest BCUT2D eigenvalue weighted by Gasteiger charge is 2.48. The van der Waals surface area contributed by atoms with Gasteiger partial charge < -0.3 is 9.84 Å². The molecule has 0 aliphatic rings. The number of carboxylic acids is 1. The van der Waals surface area contributed by atoms with Crippen LogP contribution in [0.5, 0.6) is 0 Å². The molecule has 1 N–H and O–H groups in total. The molecule has 0 saturated heterocycles. The minimum atomic E-state index is -1.59. The van der Waals surface area contributed by atoms with E-state index < -0.39 is 23.3 Å². The maximum Gasteiger partial charge on any atom is 0.323 e. The molecule has 19 heavy (non-hydrogen) atoms. The van der Waals surface area contributed by atoms with Gasteiger partial charge in [-0.1, -0.05) is 35.0 Å². The molecular formula is C14H17BrO4. The first-order chi connectivity index (χ1) is 8.83. The maximum atomic E-state index is 12.0. The van der Waals surface area contributed by atoms with E-state index in [1.54, 1.807) is 26.0 Å². The van der Waals surface area contributed by atoms with Crippen LogP contribution in [0.15, 0.2) is 28.7 Å². The van der Waals surface area contributed by atoms with Crippen molar-refractivity contribution in [2.75, 3.05) is 6.61 Å². The molecule has 0 aliphatic carbocycles. The van der Waals surface area contributed by atoms with E-state index in [9.17, 15) is 14.7 Å². The van der Waals surface area contributed by atoms with Gasteiger partial charge in [0.25, 0.3) is 0 Å². The van der Waals surface area contributed by atoms with Gasteiger partial charge in [-0.2, -0.15) is 0 Å². The first-order valence-electron chi connectivity index (χ1n) is 6.00. The van der Waals surface area contributed by atoms with Crippen molar-refractivity contribution < 1.29 is 19.4 Å². The molecule has 2 unspecified atom stereocenters. The third-order valence-electron chi connectivity index (χ3n) is 3.38. The zero-order valence-electron chi connectivity index (χ0n) is 11.1. The molecule has 1 aromatic carbocycles. The fraction of sp³-hybridized carbons (Fsp3) is 0.429. The van der Waals surface area contributed by atoms with E-state index in [0.717, 1.165) is 10.0 Å². The second kappa shape index (κ2) is 6.19. The summed E-state index contributed by atoms with van der Waals surface area (Å²) in [4.78, 5) is 23.5. The first-order valence-corrected chi connectivity index (χ1v) is 6.79. The summed E-state index contributed by atoms with van der Waals surface area (Å²) >= 11 is 3.32. The molecule has 0 aromatic heterocycles. The van der Waals surface area contributed by atoms with Crippen LogP contribution in [0.25, 0.3) is 0 Å². The summed E-state index contributed by atoms with van der Waals surface area (Å²) in [7, 11) is 0. The van der Waals surface area contributed by atoms with E-state index in [-0.39, 0.29) is 6.61 Å². The Morgan fingerprint density at radius 3 is 2.32 bits per heavy atom. The zero-order valence-corrected chi connectivity index (χ0v) is 12.7. The van der Waals surface area contributed by atoms with Crippen LogP contribution in [-0.4, -0.2) is 23.7 Å². The summed E-state index contributed by atoms with van der Waals surface area (Å²) in [6, 6.07) is 7.24. The van der Waals surface area contributed by atoms with Crippen LogP contribution >= 0.6 is 15.9 Å². The highest BCUT2D eigenvalue weighted by molar-refractivity contribution is 9.10. The molecule has 0 saturated carbocycles. The lowest BCUT2D eigenvalue weighted by Crippen LogP contribution is -2.42. The zero-order chi connectivity index (χ0) is 14.6. The van der Waals surface area contributed by atoms with Crippen molar-refractivity contribution >= 4 is 27.9 Å². The van der Waals surface area contributed by atoms with Gasteiger partial charge in [-0.05, 0) is 31.5 Å². The van der Waals surface area contributed by atoms with E-state index in [1.807, 2.05) is 12.1 Å². The van der Waals surface area contributed by atoms with Crippen molar-refractivity contribution in [1.29, 1.82) is 0 Å². The van der Waals surface area contributed by atoms with Crippen molar-refractivity contribution in [3.05, 3.63) is 34.3 Å². The number of rotatable bonds is 5. The quantitative estimate of drug-likeness (QED) is 0.665. The fourth-order valence-corrected chi connectivity index (χ4v) is 2.08.